The highest BCUT2D eigenvalue weighted by Gasteiger charge is 2.26. The first kappa shape index (κ1) is 15.8. The van der Waals surface area contributed by atoms with Crippen molar-refractivity contribution in [3.05, 3.63) is 30.3 Å². The summed E-state index contributed by atoms with van der Waals surface area (Å²) in [5, 5.41) is 8.85. The topological polar surface area (TPSA) is 73.5 Å². The van der Waals surface area contributed by atoms with E-state index < -0.39 is 0 Å². The molecule has 1 aromatic rings. The van der Waals surface area contributed by atoms with Gasteiger partial charge in [-0.25, -0.2) is 4.79 Å². The molecule has 0 atom stereocenters. The number of benzene rings is 1. The summed E-state index contributed by atoms with van der Waals surface area (Å²) in [5.41, 5.74) is 0.791. The van der Waals surface area contributed by atoms with Crippen LogP contribution in [0.15, 0.2) is 30.3 Å². The second kappa shape index (κ2) is 7.46. The molecular weight excluding hydrogens is 292 g/mol. The molecule has 1 saturated heterocycles. The normalized spacial score (nSPS) is 19.1. The highest BCUT2D eigenvalue weighted by atomic mass is 16.2. The molecule has 124 valence electrons. The summed E-state index contributed by atoms with van der Waals surface area (Å²) in [7, 11) is 0. The van der Waals surface area contributed by atoms with Crippen LogP contribution in [0.25, 0.3) is 0 Å². The van der Waals surface area contributed by atoms with E-state index in [9.17, 15) is 9.59 Å². The third kappa shape index (κ3) is 5.25. The van der Waals surface area contributed by atoms with Crippen molar-refractivity contribution in [2.75, 3.05) is 25.0 Å². The van der Waals surface area contributed by atoms with Gasteiger partial charge in [0, 0.05) is 30.9 Å². The number of nitrogens with one attached hydrogen (secondary N) is 3. The molecule has 0 unspecified atom stereocenters. The summed E-state index contributed by atoms with van der Waals surface area (Å²) >= 11 is 0. The van der Waals surface area contributed by atoms with Gasteiger partial charge in [-0.2, -0.15) is 0 Å². The molecule has 0 spiro atoms. The fraction of sp³-hybridized carbons (Fsp3) is 0.529. The highest BCUT2D eigenvalue weighted by molar-refractivity contribution is 5.89. The van der Waals surface area contributed by atoms with E-state index in [0.29, 0.717) is 12.6 Å². The van der Waals surface area contributed by atoms with Crippen molar-refractivity contribution >= 4 is 17.6 Å². The monoisotopic (exact) mass is 316 g/mol. The zero-order chi connectivity index (χ0) is 16.1. The Labute approximate surface area is 136 Å². The van der Waals surface area contributed by atoms with Crippen LogP contribution in [0.5, 0.6) is 0 Å². The van der Waals surface area contributed by atoms with Crippen LogP contribution in [0, 0.1) is 0 Å². The number of urea groups is 1. The number of likely N-dealkylation sites (tertiary alicyclic amines) is 1. The van der Waals surface area contributed by atoms with Crippen molar-refractivity contribution in [2.24, 2.45) is 0 Å². The number of nitrogens with zero attached hydrogens (tertiary/aromatic N) is 1. The Morgan fingerprint density at radius 2 is 1.61 bits per heavy atom. The quantitative estimate of drug-likeness (QED) is 0.772. The highest BCUT2D eigenvalue weighted by Crippen LogP contribution is 2.18. The van der Waals surface area contributed by atoms with Gasteiger partial charge in [-0.05, 0) is 37.8 Å². The summed E-state index contributed by atoms with van der Waals surface area (Å²) in [6, 6.07) is 9.84. The van der Waals surface area contributed by atoms with Gasteiger partial charge in [0.15, 0.2) is 0 Å². The van der Waals surface area contributed by atoms with Crippen LogP contribution in [-0.4, -0.2) is 48.6 Å². The Hall–Kier alpha value is -2.08. The van der Waals surface area contributed by atoms with E-state index in [0.717, 1.165) is 44.5 Å². The third-order valence-electron chi connectivity index (χ3n) is 4.26. The van der Waals surface area contributed by atoms with Crippen molar-refractivity contribution in [3.8, 4) is 0 Å². The number of anilines is 1. The molecule has 1 saturated carbocycles. The molecular formula is C17H24N4O2. The Morgan fingerprint density at radius 3 is 2.26 bits per heavy atom. The molecule has 0 aromatic heterocycles. The van der Waals surface area contributed by atoms with E-state index >= 15 is 0 Å². The van der Waals surface area contributed by atoms with Crippen LogP contribution in [0.2, 0.25) is 0 Å². The minimum atomic E-state index is -0.166. The van der Waals surface area contributed by atoms with Gasteiger partial charge in [0.1, 0.15) is 0 Å². The molecule has 0 radical (unpaired) electrons. The Balaban J connectivity index is 1.35. The van der Waals surface area contributed by atoms with E-state index in [2.05, 4.69) is 20.9 Å². The van der Waals surface area contributed by atoms with Crippen LogP contribution < -0.4 is 16.0 Å². The molecule has 6 nitrogen and oxygen atoms in total. The predicted molar refractivity (Wildman–Crippen MR) is 89.2 cm³/mol. The van der Waals surface area contributed by atoms with Crippen LogP contribution >= 0.6 is 0 Å². The Morgan fingerprint density at radius 1 is 0.957 bits per heavy atom. The van der Waals surface area contributed by atoms with E-state index in [1.165, 1.54) is 0 Å². The van der Waals surface area contributed by atoms with Crippen LogP contribution in [0.1, 0.15) is 25.7 Å². The molecule has 3 amide bonds. The Kier molecular flexibility index (Phi) is 5.12. The molecule has 1 aromatic carbocycles. The van der Waals surface area contributed by atoms with E-state index in [1.807, 2.05) is 30.3 Å². The second-order valence-corrected chi connectivity index (χ2v) is 6.36. The van der Waals surface area contributed by atoms with Gasteiger partial charge in [0.05, 0.1) is 6.54 Å². The number of hydrogen-bond acceptors (Lipinski definition) is 3. The van der Waals surface area contributed by atoms with E-state index in [4.69, 9.17) is 0 Å². The molecule has 1 aliphatic carbocycles. The first-order chi connectivity index (χ1) is 11.2. The first-order valence-corrected chi connectivity index (χ1v) is 8.33. The van der Waals surface area contributed by atoms with Crippen molar-refractivity contribution in [3.63, 3.8) is 0 Å². The molecule has 6 heteroatoms. The summed E-state index contributed by atoms with van der Waals surface area (Å²) in [6.07, 6.45) is 3.99. The molecule has 23 heavy (non-hydrogen) atoms. The third-order valence-corrected chi connectivity index (χ3v) is 4.26. The number of hydrogen-bond donors (Lipinski definition) is 3. The van der Waals surface area contributed by atoms with Gasteiger partial charge < -0.3 is 16.0 Å². The summed E-state index contributed by atoms with van der Waals surface area (Å²) < 4.78 is 0. The van der Waals surface area contributed by atoms with Crippen molar-refractivity contribution < 1.29 is 9.59 Å². The second-order valence-electron chi connectivity index (χ2n) is 6.36. The Bertz CT molecular complexity index is 537. The summed E-state index contributed by atoms with van der Waals surface area (Å²) in [5.74, 6) is 0.126. The fourth-order valence-electron chi connectivity index (χ4n) is 2.81. The van der Waals surface area contributed by atoms with Gasteiger partial charge in [0.25, 0.3) is 0 Å². The maximum atomic E-state index is 12.0. The smallest absolute Gasteiger partial charge is 0.319 e. The lowest BCUT2D eigenvalue weighted by molar-refractivity contribution is -0.122. The van der Waals surface area contributed by atoms with Crippen LogP contribution in [0.4, 0.5) is 10.5 Å². The average Bonchev–Trinajstić information content (AvgIpc) is 3.34. The maximum absolute atomic E-state index is 12.0. The number of rotatable bonds is 5. The first-order valence-electron chi connectivity index (χ1n) is 8.33. The van der Waals surface area contributed by atoms with Gasteiger partial charge in [-0.1, -0.05) is 18.2 Å². The molecule has 1 aliphatic heterocycles. The summed E-state index contributed by atoms with van der Waals surface area (Å²) in [4.78, 5) is 25.9. The molecule has 1 heterocycles. The van der Waals surface area contributed by atoms with Gasteiger partial charge in [-0.15, -0.1) is 0 Å². The zero-order valence-electron chi connectivity index (χ0n) is 13.3. The molecule has 2 fully saturated rings. The molecule has 0 bridgehead atoms. The lowest BCUT2D eigenvalue weighted by Crippen LogP contribution is -2.48. The maximum Gasteiger partial charge on any atom is 0.319 e. The molecule has 2 aliphatic rings. The average molecular weight is 316 g/mol. The van der Waals surface area contributed by atoms with Crippen LogP contribution in [-0.2, 0) is 4.79 Å². The number of piperidine rings is 1. The minimum absolute atomic E-state index is 0.126. The SMILES string of the molecule is O=C(CN1CCC(NC(=O)Nc2ccccc2)CC1)NC1CC1. The standard InChI is InChI=1S/C17H24N4O2/c22-16(18-14-6-7-14)12-21-10-8-15(9-11-21)20-17(23)19-13-4-2-1-3-5-13/h1-5,14-15H,6-12H2,(H,18,22)(H2,19,20,23). The van der Waals surface area contributed by atoms with Gasteiger partial charge >= 0.3 is 6.03 Å². The number of para-hydroxylation sites is 1. The molecule has 3 rings (SSSR count). The van der Waals surface area contributed by atoms with E-state index in [1.54, 1.807) is 0 Å². The number of amides is 3. The number of carbonyl (C=O) groups is 2. The summed E-state index contributed by atoms with van der Waals surface area (Å²) in [6.45, 7) is 2.15. The van der Waals surface area contributed by atoms with Crippen molar-refractivity contribution in [1.82, 2.24) is 15.5 Å². The lowest BCUT2D eigenvalue weighted by Gasteiger charge is -2.31. The van der Waals surface area contributed by atoms with E-state index in [-0.39, 0.29) is 18.0 Å². The van der Waals surface area contributed by atoms with Gasteiger partial charge in [-0.3, -0.25) is 9.69 Å². The van der Waals surface area contributed by atoms with Crippen molar-refractivity contribution in [2.45, 2.75) is 37.8 Å². The minimum Gasteiger partial charge on any atom is -0.352 e. The molecule has 3 N–H and O–H groups in total. The largest absolute Gasteiger partial charge is 0.352 e. The fourth-order valence-corrected chi connectivity index (χ4v) is 2.81. The number of carbonyl (C=O) groups excluding carboxylic acids is 2. The van der Waals surface area contributed by atoms with Crippen LogP contribution in [0.3, 0.4) is 0 Å². The van der Waals surface area contributed by atoms with Crippen molar-refractivity contribution in [1.29, 1.82) is 0 Å². The predicted octanol–water partition coefficient (Wildman–Crippen LogP) is 1.55. The lowest BCUT2D eigenvalue weighted by atomic mass is 10.1. The zero-order valence-corrected chi connectivity index (χ0v) is 13.3. The van der Waals surface area contributed by atoms with Gasteiger partial charge in [0.2, 0.25) is 5.91 Å².